The van der Waals surface area contributed by atoms with Gasteiger partial charge in [0.2, 0.25) is 5.91 Å². The van der Waals surface area contributed by atoms with Crippen LogP contribution in [-0.2, 0) is 17.8 Å². The smallest absolute Gasteiger partial charge is 0.228 e. The number of aromatic nitrogens is 3. The van der Waals surface area contributed by atoms with Crippen LogP contribution in [0.2, 0.25) is 0 Å². The fourth-order valence-electron chi connectivity index (χ4n) is 2.99. The zero-order chi connectivity index (χ0) is 16.4. The van der Waals surface area contributed by atoms with Crippen molar-refractivity contribution in [1.82, 2.24) is 19.7 Å². The van der Waals surface area contributed by atoms with Gasteiger partial charge in [0.15, 0.2) is 0 Å². The van der Waals surface area contributed by atoms with Gasteiger partial charge in [0, 0.05) is 36.6 Å². The van der Waals surface area contributed by atoms with Crippen molar-refractivity contribution in [3.05, 3.63) is 33.5 Å². The second-order valence-corrected chi connectivity index (χ2v) is 7.42. The van der Waals surface area contributed by atoms with E-state index in [1.807, 2.05) is 40.1 Å². The van der Waals surface area contributed by atoms with Gasteiger partial charge in [0.25, 0.3) is 0 Å². The first-order valence-electron chi connectivity index (χ1n) is 8.31. The number of amides is 1. The molecule has 23 heavy (non-hydrogen) atoms. The Morgan fingerprint density at radius 1 is 1.35 bits per heavy atom. The number of hydrogen-bond acceptors (Lipinski definition) is 4. The van der Waals surface area contributed by atoms with Crippen molar-refractivity contribution in [3.8, 4) is 0 Å². The monoisotopic (exact) mass is 332 g/mol. The molecule has 0 atom stereocenters. The summed E-state index contributed by atoms with van der Waals surface area (Å²) in [6.07, 6.45) is 4.37. The molecule has 0 aliphatic carbocycles. The van der Waals surface area contributed by atoms with E-state index < -0.39 is 0 Å². The third-order valence-electron chi connectivity index (χ3n) is 4.59. The van der Waals surface area contributed by atoms with Crippen molar-refractivity contribution >= 4 is 17.2 Å². The number of hydrogen-bond donors (Lipinski definition) is 0. The lowest BCUT2D eigenvalue weighted by Crippen LogP contribution is -2.38. The number of aryl methyl sites for hydroxylation is 3. The predicted molar refractivity (Wildman–Crippen MR) is 91.7 cm³/mol. The molecule has 5 nitrogen and oxygen atoms in total. The number of carbonyl (C=O) groups excluding carboxylic acids is 1. The molecule has 0 saturated carbocycles. The molecule has 1 aliphatic heterocycles. The van der Waals surface area contributed by atoms with Gasteiger partial charge >= 0.3 is 0 Å². The van der Waals surface area contributed by atoms with Gasteiger partial charge in [-0.05, 0) is 39.7 Å². The normalized spacial score (nSPS) is 16.0. The SMILES string of the molecule is CCn1ccc(CC(=O)N2CCC(c3nc(C)c(C)s3)CC2)n1. The van der Waals surface area contributed by atoms with Crippen molar-refractivity contribution in [1.29, 1.82) is 0 Å². The van der Waals surface area contributed by atoms with Crippen LogP contribution in [0.15, 0.2) is 12.3 Å². The first-order chi connectivity index (χ1) is 11.1. The zero-order valence-electron chi connectivity index (χ0n) is 14.1. The van der Waals surface area contributed by atoms with Gasteiger partial charge in [0.1, 0.15) is 0 Å². The highest BCUT2D eigenvalue weighted by molar-refractivity contribution is 7.11. The van der Waals surface area contributed by atoms with Crippen LogP contribution in [0.3, 0.4) is 0 Å². The number of thiazole rings is 1. The van der Waals surface area contributed by atoms with E-state index in [1.54, 1.807) is 0 Å². The Bertz CT molecular complexity index is 663. The minimum absolute atomic E-state index is 0.191. The fourth-order valence-corrected chi connectivity index (χ4v) is 4.08. The lowest BCUT2D eigenvalue weighted by molar-refractivity contribution is -0.131. The molecule has 1 fully saturated rings. The first-order valence-corrected chi connectivity index (χ1v) is 9.12. The topological polar surface area (TPSA) is 51.0 Å². The Morgan fingerprint density at radius 2 is 2.09 bits per heavy atom. The largest absolute Gasteiger partial charge is 0.342 e. The van der Waals surface area contributed by atoms with E-state index in [9.17, 15) is 4.79 Å². The van der Waals surface area contributed by atoms with Gasteiger partial charge < -0.3 is 4.90 Å². The van der Waals surface area contributed by atoms with Gasteiger partial charge in [-0.15, -0.1) is 11.3 Å². The highest BCUT2D eigenvalue weighted by Crippen LogP contribution is 2.32. The van der Waals surface area contributed by atoms with Gasteiger partial charge in [-0.1, -0.05) is 0 Å². The van der Waals surface area contributed by atoms with E-state index in [1.165, 1.54) is 9.88 Å². The van der Waals surface area contributed by atoms with Crippen molar-refractivity contribution < 1.29 is 4.79 Å². The Labute approximate surface area is 141 Å². The molecule has 0 spiro atoms. The maximum atomic E-state index is 12.4. The molecule has 1 saturated heterocycles. The number of rotatable bonds is 4. The lowest BCUT2D eigenvalue weighted by Gasteiger charge is -2.31. The lowest BCUT2D eigenvalue weighted by atomic mass is 9.97. The van der Waals surface area contributed by atoms with E-state index in [-0.39, 0.29) is 5.91 Å². The summed E-state index contributed by atoms with van der Waals surface area (Å²) < 4.78 is 1.86. The van der Waals surface area contributed by atoms with Crippen LogP contribution in [0.25, 0.3) is 0 Å². The van der Waals surface area contributed by atoms with Gasteiger partial charge in [-0.3, -0.25) is 9.48 Å². The highest BCUT2D eigenvalue weighted by atomic mass is 32.1. The third kappa shape index (κ3) is 3.63. The average molecular weight is 332 g/mol. The number of likely N-dealkylation sites (tertiary alicyclic amines) is 1. The quantitative estimate of drug-likeness (QED) is 0.865. The zero-order valence-corrected chi connectivity index (χ0v) is 14.9. The molecule has 124 valence electrons. The van der Waals surface area contributed by atoms with Crippen LogP contribution in [0.4, 0.5) is 0 Å². The molecule has 2 aromatic rings. The van der Waals surface area contributed by atoms with Crippen molar-refractivity contribution in [2.45, 2.75) is 52.5 Å². The van der Waals surface area contributed by atoms with Crippen LogP contribution in [0.1, 0.15) is 47.0 Å². The predicted octanol–water partition coefficient (Wildman–Crippen LogP) is 2.93. The Balaban J connectivity index is 1.54. The molecule has 0 unspecified atom stereocenters. The van der Waals surface area contributed by atoms with E-state index in [0.717, 1.165) is 43.9 Å². The van der Waals surface area contributed by atoms with Gasteiger partial charge in [-0.25, -0.2) is 4.98 Å². The Hall–Kier alpha value is -1.69. The Kier molecular flexibility index (Phi) is 4.80. The standard InChI is InChI=1S/C17H24N4OS/c1-4-21-10-7-15(19-21)11-16(22)20-8-5-14(6-9-20)17-18-12(2)13(3)23-17/h7,10,14H,4-6,8-9,11H2,1-3H3. The number of carbonyl (C=O) groups is 1. The highest BCUT2D eigenvalue weighted by Gasteiger charge is 2.26. The van der Waals surface area contributed by atoms with Crippen molar-refractivity contribution in [2.75, 3.05) is 13.1 Å². The molecule has 1 aliphatic rings. The summed E-state index contributed by atoms with van der Waals surface area (Å²) in [5.41, 5.74) is 2.01. The van der Waals surface area contributed by atoms with Gasteiger partial charge in [-0.2, -0.15) is 5.10 Å². The second kappa shape index (κ2) is 6.83. The molecular formula is C17H24N4OS. The van der Waals surface area contributed by atoms with Crippen LogP contribution in [-0.4, -0.2) is 38.7 Å². The van der Waals surface area contributed by atoms with E-state index in [4.69, 9.17) is 0 Å². The van der Waals surface area contributed by atoms with Crippen LogP contribution in [0.5, 0.6) is 0 Å². The summed E-state index contributed by atoms with van der Waals surface area (Å²) in [6.45, 7) is 8.75. The molecule has 2 aromatic heterocycles. The van der Waals surface area contributed by atoms with Crippen LogP contribution >= 0.6 is 11.3 Å². The van der Waals surface area contributed by atoms with E-state index >= 15 is 0 Å². The second-order valence-electron chi connectivity index (χ2n) is 6.19. The minimum atomic E-state index is 0.191. The minimum Gasteiger partial charge on any atom is -0.342 e. The molecule has 0 aromatic carbocycles. The number of piperidine rings is 1. The molecule has 0 bridgehead atoms. The molecule has 6 heteroatoms. The van der Waals surface area contributed by atoms with Crippen molar-refractivity contribution in [2.24, 2.45) is 0 Å². The molecule has 3 heterocycles. The summed E-state index contributed by atoms with van der Waals surface area (Å²) in [7, 11) is 0. The summed E-state index contributed by atoms with van der Waals surface area (Å²) in [4.78, 5) is 20.4. The van der Waals surface area contributed by atoms with Gasteiger partial charge in [0.05, 0.1) is 22.8 Å². The van der Waals surface area contributed by atoms with E-state index in [2.05, 4.69) is 23.9 Å². The molecular weight excluding hydrogens is 308 g/mol. The van der Waals surface area contributed by atoms with Crippen LogP contribution < -0.4 is 0 Å². The average Bonchev–Trinajstić information content (AvgIpc) is 3.14. The molecule has 0 N–H and O–H groups in total. The maximum absolute atomic E-state index is 12.4. The summed E-state index contributed by atoms with van der Waals surface area (Å²) >= 11 is 1.81. The Morgan fingerprint density at radius 3 is 2.65 bits per heavy atom. The first kappa shape index (κ1) is 16.2. The summed E-state index contributed by atoms with van der Waals surface area (Å²) in [6, 6.07) is 1.94. The molecule has 1 amide bonds. The van der Waals surface area contributed by atoms with Crippen molar-refractivity contribution in [3.63, 3.8) is 0 Å². The molecule has 0 radical (unpaired) electrons. The number of nitrogens with zero attached hydrogens (tertiary/aromatic N) is 4. The summed E-state index contributed by atoms with van der Waals surface area (Å²) in [5, 5.41) is 5.64. The van der Waals surface area contributed by atoms with E-state index in [0.29, 0.717) is 12.3 Å². The molecule has 3 rings (SSSR count). The third-order valence-corrected chi connectivity index (χ3v) is 5.83. The fraction of sp³-hybridized carbons (Fsp3) is 0.588. The summed E-state index contributed by atoms with van der Waals surface area (Å²) in [5.74, 6) is 0.701. The van der Waals surface area contributed by atoms with Crippen LogP contribution in [0, 0.1) is 13.8 Å². The maximum Gasteiger partial charge on any atom is 0.228 e.